The van der Waals surface area contributed by atoms with E-state index in [2.05, 4.69) is 21.9 Å². The number of hydrogen-bond donors (Lipinski definition) is 1. The fraction of sp³-hybridized carbons (Fsp3) is 0.269. The van der Waals surface area contributed by atoms with Gasteiger partial charge in [0.2, 0.25) is 0 Å². The Morgan fingerprint density at radius 1 is 1.00 bits per heavy atom. The number of aromatic amines is 1. The van der Waals surface area contributed by atoms with Gasteiger partial charge in [-0.25, -0.2) is 4.98 Å². The van der Waals surface area contributed by atoms with Crippen LogP contribution in [0.5, 0.6) is 0 Å². The Morgan fingerprint density at radius 2 is 1.71 bits per heavy atom. The molecule has 4 aromatic rings. The molecular weight excluding hydrogens is 462 g/mol. The number of aryl methyl sites for hydroxylation is 2. The maximum Gasteiger partial charge on any atom is 0.295 e. The monoisotopic (exact) mass is 487 g/mol. The van der Waals surface area contributed by atoms with Gasteiger partial charge < -0.3 is 14.8 Å². The van der Waals surface area contributed by atoms with Crippen LogP contribution in [0.15, 0.2) is 48.9 Å². The zero-order valence-electron chi connectivity index (χ0n) is 19.6. The summed E-state index contributed by atoms with van der Waals surface area (Å²) in [5, 5.41) is 1.72. The molecule has 0 atom stereocenters. The van der Waals surface area contributed by atoms with Crippen LogP contribution in [0.25, 0.3) is 21.5 Å². The molecule has 3 aromatic heterocycles. The number of H-pyrrole nitrogens is 1. The number of nitrogens with one attached hydrogen (secondary N) is 1. The predicted octanol–water partition coefficient (Wildman–Crippen LogP) is 3.72. The van der Waals surface area contributed by atoms with E-state index in [-0.39, 0.29) is 5.91 Å². The van der Waals surface area contributed by atoms with E-state index in [0.29, 0.717) is 42.7 Å². The van der Waals surface area contributed by atoms with E-state index in [9.17, 15) is 14.4 Å². The standard InChI is InChI=1S/C26H25N5O3S/c1-3-20-27-15-19(35-20)22-23-21(16(2)13-28-22)18(14-29-23)24(32)26(34)31-11-9-30(10-12-31)25(33)17-7-5-4-6-8-17/h4-8,13-15,29H,3,9-12H2,1-2H3. The fourth-order valence-electron chi connectivity index (χ4n) is 4.39. The number of pyridine rings is 1. The summed E-state index contributed by atoms with van der Waals surface area (Å²) in [5.41, 5.74) is 3.23. The summed E-state index contributed by atoms with van der Waals surface area (Å²) in [7, 11) is 0. The summed E-state index contributed by atoms with van der Waals surface area (Å²) >= 11 is 1.57. The molecule has 5 rings (SSSR count). The highest BCUT2D eigenvalue weighted by atomic mass is 32.1. The summed E-state index contributed by atoms with van der Waals surface area (Å²) in [6.45, 7) is 5.34. The second kappa shape index (κ2) is 9.42. The summed E-state index contributed by atoms with van der Waals surface area (Å²) in [6.07, 6.45) is 5.96. The molecule has 2 amide bonds. The Hall–Kier alpha value is -3.85. The number of hydrogen-bond acceptors (Lipinski definition) is 6. The Labute approximate surface area is 206 Å². The number of Topliss-reactive ketones (excluding diaryl/α,β-unsaturated/α-hetero) is 1. The molecule has 9 heteroatoms. The molecule has 1 fully saturated rings. The molecule has 8 nitrogen and oxygen atoms in total. The fourth-order valence-corrected chi connectivity index (χ4v) is 5.25. The lowest BCUT2D eigenvalue weighted by atomic mass is 10.0. The van der Waals surface area contributed by atoms with E-state index in [1.165, 1.54) is 4.90 Å². The normalized spacial score (nSPS) is 13.9. The van der Waals surface area contributed by atoms with E-state index in [1.807, 2.05) is 25.1 Å². The smallest absolute Gasteiger partial charge is 0.295 e. The van der Waals surface area contributed by atoms with Crippen LogP contribution in [-0.2, 0) is 11.2 Å². The van der Waals surface area contributed by atoms with E-state index in [1.54, 1.807) is 47.0 Å². The predicted molar refractivity (Wildman–Crippen MR) is 135 cm³/mol. The summed E-state index contributed by atoms with van der Waals surface area (Å²) in [6, 6.07) is 9.08. The van der Waals surface area contributed by atoms with Gasteiger partial charge in [-0.1, -0.05) is 25.1 Å². The van der Waals surface area contributed by atoms with Gasteiger partial charge in [-0.2, -0.15) is 0 Å². The van der Waals surface area contributed by atoms with Crippen molar-refractivity contribution >= 4 is 39.8 Å². The zero-order chi connectivity index (χ0) is 24.5. The Bertz CT molecular complexity index is 1420. The lowest BCUT2D eigenvalue weighted by molar-refractivity contribution is -0.127. The number of ketones is 1. The molecule has 0 aliphatic carbocycles. The van der Waals surface area contributed by atoms with Gasteiger partial charge in [-0.15, -0.1) is 11.3 Å². The van der Waals surface area contributed by atoms with Crippen molar-refractivity contribution in [3.63, 3.8) is 0 Å². The third-order valence-corrected chi connectivity index (χ3v) is 7.45. The van der Waals surface area contributed by atoms with Crippen LogP contribution in [0.3, 0.4) is 0 Å². The second-order valence-corrected chi connectivity index (χ2v) is 9.61. The number of benzene rings is 1. The minimum absolute atomic E-state index is 0.0643. The first-order valence-corrected chi connectivity index (χ1v) is 12.4. The maximum atomic E-state index is 13.3. The van der Waals surface area contributed by atoms with Crippen LogP contribution in [0.4, 0.5) is 0 Å². The molecule has 1 saturated heterocycles. The number of thiazole rings is 1. The molecule has 1 N–H and O–H groups in total. The van der Waals surface area contributed by atoms with E-state index < -0.39 is 11.7 Å². The van der Waals surface area contributed by atoms with Crippen molar-refractivity contribution in [1.82, 2.24) is 24.8 Å². The van der Waals surface area contributed by atoms with Crippen LogP contribution in [-0.4, -0.2) is 68.5 Å². The molecule has 1 aromatic carbocycles. The van der Waals surface area contributed by atoms with Gasteiger partial charge in [-0.3, -0.25) is 19.4 Å². The van der Waals surface area contributed by atoms with Crippen LogP contribution in [0.1, 0.15) is 38.2 Å². The zero-order valence-corrected chi connectivity index (χ0v) is 20.4. The highest BCUT2D eigenvalue weighted by Gasteiger charge is 2.31. The number of amides is 2. The Morgan fingerprint density at radius 3 is 2.40 bits per heavy atom. The Kier molecular flexibility index (Phi) is 6.17. The van der Waals surface area contributed by atoms with Crippen molar-refractivity contribution in [2.45, 2.75) is 20.3 Å². The minimum Gasteiger partial charge on any atom is -0.359 e. The van der Waals surface area contributed by atoms with E-state index in [4.69, 9.17) is 0 Å². The van der Waals surface area contributed by atoms with Crippen LogP contribution < -0.4 is 0 Å². The first-order valence-electron chi connectivity index (χ1n) is 11.6. The molecule has 178 valence electrons. The molecule has 0 radical (unpaired) electrons. The maximum absolute atomic E-state index is 13.3. The molecule has 1 aliphatic rings. The van der Waals surface area contributed by atoms with Gasteiger partial charge in [0.05, 0.1) is 21.0 Å². The number of nitrogens with zero attached hydrogens (tertiary/aromatic N) is 4. The number of piperazine rings is 1. The number of carbonyl (C=O) groups excluding carboxylic acids is 3. The van der Waals surface area contributed by atoms with Crippen LogP contribution in [0.2, 0.25) is 0 Å². The lowest BCUT2D eigenvalue weighted by Gasteiger charge is -2.34. The van der Waals surface area contributed by atoms with E-state index in [0.717, 1.165) is 33.1 Å². The SMILES string of the molecule is CCc1ncc(-c2ncc(C)c3c(C(=O)C(=O)N4CCN(C(=O)c5ccccc5)CC4)c[nH]c23)s1. The first kappa shape index (κ1) is 22.9. The summed E-state index contributed by atoms with van der Waals surface area (Å²) < 4.78 is 0. The number of aromatic nitrogens is 3. The molecule has 0 bridgehead atoms. The van der Waals surface area contributed by atoms with Gasteiger partial charge in [0.15, 0.2) is 0 Å². The molecule has 0 saturated carbocycles. The van der Waals surface area contributed by atoms with Crippen molar-refractivity contribution in [2.24, 2.45) is 0 Å². The molecule has 0 spiro atoms. The topological polar surface area (TPSA) is 99.3 Å². The van der Waals surface area contributed by atoms with E-state index >= 15 is 0 Å². The number of rotatable bonds is 5. The molecule has 35 heavy (non-hydrogen) atoms. The lowest BCUT2D eigenvalue weighted by Crippen LogP contribution is -2.52. The van der Waals surface area contributed by atoms with Gasteiger partial charge >= 0.3 is 0 Å². The highest BCUT2D eigenvalue weighted by Crippen LogP contribution is 2.33. The van der Waals surface area contributed by atoms with Gasteiger partial charge in [0, 0.05) is 55.7 Å². The minimum atomic E-state index is -0.558. The van der Waals surface area contributed by atoms with Gasteiger partial charge in [0.25, 0.3) is 17.6 Å². The quantitative estimate of drug-likeness (QED) is 0.342. The molecular formula is C26H25N5O3S. The van der Waals surface area contributed by atoms with Crippen molar-refractivity contribution in [2.75, 3.05) is 26.2 Å². The van der Waals surface area contributed by atoms with Crippen molar-refractivity contribution in [1.29, 1.82) is 0 Å². The van der Waals surface area contributed by atoms with Crippen molar-refractivity contribution < 1.29 is 14.4 Å². The largest absolute Gasteiger partial charge is 0.359 e. The van der Waals surface area contributed by atoms with Gasteiger partial charge in [-0.05, 0) is 31.0 Å². The Balaban J connectivity index is 1.35. The third kappa shape index (κ3) is 4.23. The van der Waals surface area contributed by atoms with Crippen LogP contribution in [0, 0.1) is 6.92 Å². The average molecular weight is 488 g/mol. The van der Waals surface area contributed by atoms with Gasteiger partial charge in [0.1, 0.15) is 5.69 Å². The highest BCUT2D eigenvalue weighted by molar-refractivity contribution is 7.15. The van der Waals surface area contributed by atoms with Crippen molar-refractivity contribution in [3.05, 3.63) is 70.6 Å². The molecule has 0 unspecified atom stereocenters. The number of carbonyl (C=O) groups is 3. The first-order chi connectivity index (χ1) is 17.0. The summed E-state index contributed by atoms with van der Waals surface area (Å²) in [4.78, 5) is 55.4. The van der Waals surface area contributed by atoms with Crippen molar-refractivity contribution in [3.8, 4) is 10.6 Å². The summed E-state index contributed by atoms with van der Waals surface area (Å²) in [5.74, 6) is -1.18. The second-order valence-electron chi connectivity index (χ2n) is 8.49. The third-order valence-electron chi connectivity index (χ3n) is 6.30. The molecule has 4 heterocycles. The van der Waals surface area contributed by atoms with Crippen LogP contribution >= 0.6 is 11.3 Å². The number of fused-ring (bicyclic) bond motifs is 1. The molecule has 1 aliphatic heterocycles. The average Bonchev–Trinajstić information content (AvgIpc) is 3.57.